The van der Waals surface area contributed by atoms with Crippen molar-refractivity contribution in [1.29, 1.82) is 0 Å². The molecule has 1 aromatic carbocycles. The highest BCUT2D eigenvalue weighted by Crippen LogP contribution is 2.41. The van der Waals surface area contributed by atoms with Crippen LogP contribution < -0.4 is 14.8 Å². The van der Waals surface area contributed by atoms with Crippen LogP contribution in [0.1, 0.15) is 11.1 Å². The molecule has 3 heteroatoms. The first-order valence-electron chi connectivity index (χ1n) is 4.91. The molecule has 1 aliphatic rings. The highest BCUT2D eigenvalue weighted by molar-refractivity contribution is 5.81. The van der Waals surface area contributed by atoms with E-state index in [4.69, 9.17) is 9.47 Å². The molecule has 0 unspecified atom stereocenters. The predicted octanol–water partition coefficient (Wildman–Crippen LogP) is 1.82. The molecule has 3 nitrogen and oxygen atoms in total. The molecule has 2 rings (SSSR count). The zero-order chi connectivity index (χ0) is 10.8. The Kier molecular flexibility index (Phi) is 2.54. The number of allylic oxidation sites excluding steroid dienone is 1. The van der Waals surface area contributed by atoms with Crippen LogP contribution in [0.4, 0.5) is 0 Å². The lowest BCUT2D eigenvalue weighted by molar-refractivity contribution is 0.354. The average molecular weight is 205 g/mol. The zero-order valence-electron chi connectivity index (χ0n) is 9.26. The lowest BCUT2D eigenvalue weighted by Gasteiger charge is -2.24. The van der Waals surface area contributed by atoms with Gasteiger partial charge in [0.1, 0.15) is 0 Å². The topological polar surface area (TPSA) is 30.5 Å². The Labute approximate surface area is 89.7 Å². The van der Waals surface area contributed by atoms with Gasteiger partial charge in [0, 0.05) is 19.7 Å². The molecule has 0 bridgehead atoms. The molecule has 0 amide bonds. The van der Waals surface area contributed by atoms with Crippen molar-refractivity contribution in [3.63, 3.8) is 0 Å². The van der Waals surface area contributed by atoms with Crippen molar-refractivity contribution < 1.29 is 9.47 Å². The zero-order valence-corrected chi connectivity index (χ0v) is 9.26. The van der Waals surface area contributed by atoms with Gasteiger partial charge in [-0.15, -0.1) is 0 Å². The molecule has 1 N–H and O–H groups in total. The van der Waals surface area contributed by atoms with Gasteiger partial charge in [0.05, 0.1) is 14.2 Å². The molecular formula is C12H15NO2. The molecule has 0 fully saturated rings. The average Bonchev–Trinajstić information content (AvgIpc) is 2.25. The van der Waals surface area contributed by atoms with Gasteiger partial charge in [0.2, 0.25) is 0 Å². The van der Waals surface area contributed by atoms with Gasteiger partial charge in [-0.25, -0.2) is 0 Å². The SMILES string of the molecule is CN/C=C1\Cc2cc(OC)c(OC)cc21. The molecule has 0 heterocycles. The molecule has 0 saturated carbocycles. The first kappa shape index (κ1) is 9.90. The molecule has 0 aromatic heterocycles. The van der Waals surface area contributed by atoms with Crippen LogP contribution in [0.25, 0.3) is 5.57 Å². The van der Waals surface area contributed by atoms with Crippen molar-refractivity contribution in [2.75, 3.05) is 21.3 Å². The third kappa shape index (κ3) is 1.54. The first-order chi connectivity index (χ1) is 7.30. The van der Waals surface area contributed by atoms with E-state index in [2.05, 4.69) is 5.32 Å². The van der Waals surface area contributed by atoms with E-state index in [0.29, 0.717) is 0 Å². The van der Waals surface area contributed by atoms with Crippen LogP contribution in [0.15, 0.2) is 18.3 Å². The van der Waals surface area contributed by atoms with Crippen LogP contribution in [-0.4, -0.2) is 21.3 Å². The number of hydrogen-bond acceptors (Lipinski definition) is 3. The minimum atomic E-state index is 0.790. The Morgan fingerprint density at radius 3 is 2.47 bits per heavy atom. The highest BCUT2D eigenvalue weighted by Gasteiger charge is 2.22. The summed E-state index contributed by atoms with van der Waals surface area (Å²) in [5.41, 5.74) is 3.88. The standard InChI is InChI=1S/C12H15NO2/c1-13-7-9-4-8-5-11(14-2)12(15-3)6-10(8)9/h5-7,13H,4H2,1-3H3/b9-7+. The van der Waals surface area contributed by atoms with Gasteiger partial charge in [0.25, 0.3) is 0 Å². The summed E-state index contributed by atoms with van der Waals surface area (Å²) in [7, 11) is 5.23. The quantitative estimate of drug-likeness (QED) is 0.816. The fourth-order valence-electron chi connectivity index (χ4n) is 1.86. The second kappa shape index (κ2) is 3.85. The smallest absolute Gasteiger partial charge is 0.161 e. The minimum Gasteiger partial charge on any atom is -0.493 e. The monoisotopic (exact) mass is 205 g/mol. The summed E-state index contributed by atoms with van der Waals surface area (Å²) in [6.07, 6.45) is 3.02. The lowest BCUT2D eigenvalue weighted by atomic mass is 9.83. The van der Waals surface area contributed by atoms with Gasteiger partial charge in [-0.3, -0.25) is 0 Å². The van der Waals surface area contributed by atoms with Crippen LogP contribution in [0, 0.1) is 0 Å². The van der Waals surface area contributed by atoms with Gasteiger partial charge in [-0.05, 0) is 28.8 Å². The maximum atomic E-state index is 5.26. The van der Waals surface area contributed by atoms with Gasteiger partial charge < -0.3 is 14.8 Å². The van der Waals surface area contributed by atoms with E-state index < -0.39 is 0 Å². The van der Waals surface area contributed by atoms with Gasteiger partial charge in [-0.2, -0.15) is 0 Å². The number of ether oxygens (including phenoxy) is 2. The van der Waals surface area contributed by atoms with E-state index in [9.17, 15) is 0 Å². The molecule has 15 heavy (non-hydrogen) atoms. The van der Waals surface area contributed by atoms with E-state index in [0.717, 1.165) is 17.9 Å². The van der Waals surface area contributed by atoms with Crippen LogP contribution in [0.3, 0.4) is 0 Å². The minimum absolute atomic E-state index is 0.790. The molecule has 0 radical (unpaired) electrons. The maximum Gasteiger partial charge on any atom is 0.161 e. The van der Waals surface area contributed by atoms with Crippen molar-refractivity contribution in [3.05, 3.63) is 29.5 Å². The second-order valence-electron chi connectivity index (χ2n) is 3.50. The Hall–Kier alpha value is -1.64. The molecule has 1 aromatic rings. The van der Waals surface area contributed by atoms with E-state index in [1.54, 1.807) is 14.2 Å². The molecule has 0 atom stereocenters. The Morgan fingerprint density at radius 1 is 1.20 bits per heavy atom. The largest absolute Gasteiger partial charge is 0.493 e. The maximum absolute atomic E-state index is 5.26. The highest BCUT2D eigenvalue weighted by atomic mass is 16.5. The molecule has 0 saturated heterocycles. The lowest BCUT2D eigenvalue weighted by Crippen LogP contribution is -2.11. The number of hydrogen-bond donors (Lipinski definition) is 1. The number of fused-ring (bicyclic) bond motifs is 1. The van der Waals surface area contributed by atoms with E-state index in [-0.39, 0.29) is 0 Å². The third-order valence-corrected chi connectivity index (χ3v) is 2.65. The van der Waals surface area contributed by atoms with Crippen molar-refractivity contribution >= 4 is 5.57 Å². The summed E-state index contributed by atoms with van der Waals surface area (Å²) in [5, 5.41) is 3.04. The molecule has 1 aliphatic carbocycles. The molecule has 80 valence electrons. The summed E-state index contributed by atoms with van der Waals surface area (Å²) in [6, 6.07) is 4.07. The summed E-state index contributed by atoms with van der Waals surface area (Å²) >= 11 is 0. The van der Waals surface area contributed by atoms with Crippen molar-refractivity contribution in [1.82, 2.24) is 5.32 Å². The van der Waals surface area contributed by atoms with Crippen LogP contribution in [0.5, 0.6) is 11.5 Å². The normalized spacial score (nSPS) is 15.5. The van der Waals surface area contributed by atoms with Crippen LogP contribution in [-0.2, 0) is 6.42 Å². The number of nitrogens with one attached hydrogen (secondary N) is 1. The Balaban J connectivity index is 2.41. The van der Waals surface area contributed by atoms with Crippen molar-refractivity contribution in [3.8, 4) is 11.5 Å². The molecular weight excluding hydrogens is 190 g/mol. The van der Waals surface area contributed by atoms with E-state index >= 15 is 0 Å². The van der Waals surface area contributed by atoms with Crippen LogP contribution in [0.2, 0.25) is 0 Å². The summed E-state index contributed by atoms with van der Waals surface area (Å²) < 4.78 is 10.5. The van der Waals surface area contributed by atoms with Crippen molar-refractivity contribution in [2.24, 2.45) is 0 Å². The third-order valence-electron chi connectivity index (χ3n) is 2.65. The Morgan fingerprint density at radius 2 is 1.87 bits per heavy atom. The van der Waals surface area contributed by atoms with Crippen LogP contribution >= 0.6 is 0 Å². The number of benzene rings is 1. The first-order valence-corrected chi connectivity index (χ1v) is 4.91. The van der Waals surface area contributed by atoms with E-state index in [1.165, 1.54) is 16.7 Å². The van der Waals surface area contributed by atoms with Gasteiger partial charge in [-0.1, -0.05) is 0 Å². The molecule has 0 spiro atoms. The summed E-state index contributed by atoms with van der Waals surface area (Å²) in [4.78, 5) is 0. The number of methoxy groups -OCH3 is 2. The Bertz CT molecular complexity index is 410. The fourth-order valence-corrected chi connectivity index (χ4v) is 1.86. The molecule has 0 aliphatic heterocycles. The van der Waals surface area contributed by atoms with Gasteiger partial charge >= 0.3 is 0 Å². The number of rotatable bonds is 3. The summed E-state index contributed by atoms with van der Waals surface area (Å²) in [6.45, 7) is 0. The predicted molar refractivity (Wildman–Crippen MR) is 60.3 cm³/mol. The second-order valence-corrected chi connectivity index (χ2v) is 3.50. The fraction of sp³-hybridized carbons (Fsp3) is 0.333. The van der Waals surface area contributed by atoms with Crippen molar-refractivity contribution in [2.45, 2.75) is 6.42 Å². The van der Waals surface area contributed by atoms with E-state index in [1.807, 2.05) is 25.4 Å². The summed E-state index contributed by atoms with van der Waals surface area (Å²) in [5.74, 6) is 1.60. The van der Waals surface area contributed by atoms with Gasteiger partial charge in [0.15, 0.2) is 11.5 Å².